The fourth-order valence-corrected chi connectivity index (χ4v) is 3.13. The molecule has 184 valence electrons. The fraction of sp³-hybridized carbons (Fsp3) is 0.565. The molecule has 0 radical (unpaired) electrons. The molecule has 5 N–H and O–H groups in total. The molecule has 33 heavy (non-hydrogen) atoms. The van der Waals surface area contributed by atoms with E-state index in [1.807, 2.05) is 0 Å². The van der Waals surface area contributed by atoms with Gasteiger partial charge in [0.2, 0.25) is 17.7 Å². The first-order valence-electron chi connectivity index (χ1n) is 10.8. The van der Waals surface area contributed by atoms with E-state index in [-0.39, 0.29) is 24.6 Å². The number of nitrogens with zero attached hydrogens (tertiary/aromatic N) is 1. The Morgan fingerprint density at radius 2 is 1.76 bits per heavy atom. The van der Waals surface area contributed by atoms with Crippen LogP contribution >= 0.6 is 0 Å². The number of phenols is 1. The molecule has 2 unspecified atom stereocenters. The van der Waals surface area contributed by atoms with Crippen molar-refractivity contribution in [2.45, 2.75) is 78.1 Å². The van der Waals surface area contributed by atoms with Gasteiger partial charge in [0.1, 0.15) is 23.4 Å². The maximum Gasteiger partial charge on any atom is 0.408 e. The second-order valence-corrected chi connectivity index (χ2v) is 9.26. The molecule has 0 saturated heterocycles. The molecule has 0 aliphatic carbocycles. The number of rotatable bonds is 9. The number of aromatic hydroxyl groups is 1. The zero-order valence-electron chi connectivity index (χ0n) is 20.4. The van der Waals surface area contributed by atoms with Gasteiger partial charge >= 0.3 is 6.09 Å². The normalized spacial score (nSPS) is 13.1. The topological polar surface area (TPSA) is 151 Å². The van der Waals surface area contributed by atoms with E-state index in [1.54, 1.807) is 53.7 Å². The van der Waals surface area contributed by atoms with Crippen LogP contribution in [0.5, 0.6) is 5.75 Å². The predicted octanol–water partition coefficient (Wildman–Crippen LogP) is 1.88. The molecule has 10 heteroatoms. The summed E-state index contributed by atoms with van der Waals surface area (Å²) in [5.41, 5.74) is 5.46. The molecular formula is C23H36N4O6. The van der Waals surface area contributed by atoms with Crippen molar-refractivity contribution in [3.05, 3.63) is 29.3 Å². The molecule has 2 atom stereocenters. The number of primary amides is 1. The van der Waals surface area contributed by atoms with Crippen LogP contribution in [0.4, 0.5) is 4.79 Å². The van der Waals surface area contributed by atoms with E-state index in [2.05, 4.69) is 10.6 Å². The number of hydrogen-bond acceptors (Lipinski definition) is 6. The number of nitrogens with one attached hydrogen (secondary N) is 2. The summed E-state index contributed by atoms with van der Waals surface area (Å²) in [5, 5.41) is 15.1. The summed E-state index contributed by atoms with van der Waals surface area (Å²) < 4.78 is 5.23. The molecule has 0 aromatic heterocycles. The summed E-state index contributed by atoms with van der Waals surface area (Å²) in [5.74, 6) is -1.61. The van der Waals surface area contributed by atoms with Crippen molar-refractivity contribution in [3.63, 3.8) is 0 Å². The van der Waals surface area contributed by atoms with Crippen LogP contribution in [0, 0.1) is 6.92 Å². The van der Waals surface area contributed by atoms with Crippen molar-refractivity contribution in [1.29, 1.82) is 0 Å². The van der Waals surface area contributed by atoms with Gasteiger partial charge in [-0.1, -0.05) is 6.07 Å². The number of hydrogen-bond donors (Lipinski definition) is 4. The van der Waals surface area contributed by atoms with Crippen molar-refractivity contribution < 1.29 is 29.0 Å². The third-order valence-electron chi connectivity index (χ3n) is 4.62. The molecule has 0 saturated carbocycles. The summed E-state index contributed by atoms with van der Waals surface area (Å²) >= 11 is 0. The van der Waals surface area contributed by atoms with Gasteiger partial charge in [0.25, 0.3) is 0 Å². The fourth-order valence-electron chi connectivity index (χ4n) is 3.13. The Hall–Kier alpha value is -3.30. The van der Waals surface area contributed by atoms with E-state index in [1.165, 1.54) is 18.0 Å². The van der Waals surface area contributed by atoms with Crippen molar-refractivity contribution in [3.8, 4) is 5.75 Å². The molecule has 1 rings (SSSR count). The second kappa shape index (κ2) is 11.5. The number of alkyl carbamates (subject to hydrolysis) is 1. The van der Waals surface area contributed by atoms with Crippen LogP contribution < -0.4 is 16.4 Å². The zero-order valence-corrected chi connectivity index (χ0v) is 20.4. The molecule has 1 aromatic rings. The van der Waals surface area contributed by atoms with E-state index in [9.17, 15) is 24.3 Å². The highest BCUT2D eigenvalue weighted by atomic mass is 16.6. The second-order valence-electron chi connectivity index (χ2n) is 9.26. The van der Waals surface area contributed by atoms with Gasteiger partial charge < -0.3 is 31.1 Å². The minimum atomic E-state index is -1.15. The molecular weight excluding hydrogens is 428 g/mol. The number of phenolic OH excluding ortho intramolecular Hbond substituents is 1. The minimum absolute atomic E-state index is 0.0571. The van der Waals surface area contributed by atoms with Gasteiger partial charge in [-0.25, -0.2) is 4.79 Å². The Kier molecular flexibility index (Phi) is 9.69. The monoisotopic (exact) mass is 464 g/mol. The Morgan fingerprint density at radius 3 is 2.24 bits per heavy atom. The van der Waals surface area contributed by atoms with Crippen LogP contribution in [0.2, 0.25) is 0 Å². The molecule has 0 aliphatic heterocycles. The van der Waals surface area contributed by atoms with Gasteiger partial charge in [-0.05, 0) is 71.2 Å². The van der Waals surface area contributed by atoms with E-state index in [0.29, 0.717) is 11.1 Å². The Labute approximate surface area is 194 Å². The lowest BCUT2D eigenvalue weighted by atomic mass is 10.00. The summed E-state index contributed by atoms with van der Waals surface area (Å²) in [7, 11) is 1.43. The predicted molar refractivity (Wildman–Crippen MR) is 123 cm³/mol. The molecule has 4 amide bonds. The van der Waals surface area contributed by atoms with Crippen molar-refractivity contribution >= 4 is 23.8 Å². The number of carbonyl (C=O) groups is 4. The standard InChI is InChI=1S/C23H36N4O6/c1-13(2)25-20(30)19(15-8-10-17(28)14(3)12-15)27(7)21(31)16(9-11-18(24)29)26-22(32)33-23(4,5)6/h8,10,12-13,16,19,28H,9,11H2,1-7H3,(H2,24,29)(H,25,30)(H,26,32). The van der Waals surface area contributed by atoms with Crippen LogP contribution in [-0.4, -0.2) is 58.6 Å². The van der Waals surface area contributed by atoms with Crippen LogP contribution in [0.3, 0.4) is 0 Å². The quantitative estimate of drug-likeness (QED) is 0.438. The van der Waals surface area contributed by atoms with Crippen LogP contribution in [0.25, 0.3) is 0 Å². The molecule has 1 aromatic carbocycles. The minimum Gasteiger partial charge on any atom is -0.508 e. The number of aryl methyl sites for hydroxylation is 1. The number of benzene rings is 1. The first kappa shape index (κ1) is 27.7. The summed E-state index contributed by atoms with van der Waals surface area (Å²) in [6, 6.07) is 2.23. The molecule has 0 fully saturated rings. The van der Waals surface area contributed by atoms with Gasteiger partial charge in [0.05, 0.1) is 0 Å². The lowest BCUT2D eigenvalue weighted by molar-refractivity contribution is -0.141. The molecule has 10 nitrogen and oxygen atoms in total. The maximum absolute atomic E-state index is 13.4. The highest BCUT2D eigenvalue weighted by Crippen LogP contribution is 2.26. The van der Waals surface area contributed by atoms with Gasteiger partial charge in [-0.3, -0.25) is 14.4 Å². The summed E-state index contributed by atoms with van der Waals surface area (Å²) in [4.78, 5) is 51.3. The van der Waals surface area contributed by atoms with Gasteiger partial charge in [0, 0.05) is 19.5 Å². The van der Waals surface area contributed by atoms with E-state index in [0.717, 1.165) is 0 Å². The Bertz CT molecular complexity index is 878. The number of likely N-dealkylation sites (N-methyl/N-ethyl adjacent to an activating group) is 1. The van der Waals surface area contributed by atoms with E-state index >= 15 is 0 Å². The third-order valence-corrected chi connectivity index (χ3v) is 4.62. The van der Waals surface area contributed by atoms with Crippen molar-refractivity contribution in [2.24, 2.45) is 5.73 Å². The van der Waals surface area contributed by atoms with Crippen LogP contribution in [-0.2, 0) is 19.1 Å². The molecule has 0 heterocycles. The number of ether oxygens (including phenoxy) is 1. The molecule has 0 aliphatic rings. The molecule has 0 bridgehead atoms. The Morgan fingerprint density at radius 1 is 1.15 bits per heavy atom. The molecule has 0 spiro atoms. The van der Waals surface area contributed by atoms with E-state index in [4.69, 9.17) is 10.5 Å². The van der Waals surface area contributed by atoms with Crippen LogP contribution in [0.15, 0.2) is 18.2 Å². The van der Waals surface area contributed by atoms with Gasteiger partial charge in [-0.2, -0.15) is 0 Å². The zero-order chi connectivity index (χ0) is 25.5. The average molecular weight is 465 g/mol. The van der Waals surface area contributed by atoms with Crippen molar-refractivity contribution in [2.75, 3.05) is 7.05 Å². The number of carbonyl (C=O) groups excluding carboxylic acids is 4. The van der Waals surface area contributed by atoms with Crippen LogP contribution in [0.1, 0.15) is 64.6 Å². The number of nitrogens with two attached hydrogens (primary N) is 1. The summed E-state index contributed by atoms with van der Waals surface area (Å²) in [6.07, 6.45) is -1.05. The Balaban J connectivity index is 3.29. The highest BCUT2D eigenvalue weighted by Gasteiger charge is 2.34. The lowest BCUT2D eigenvalue weighted by Crippen LogP contribution is -2.52. The highest BCUT2D eigenvalue weighted by molar-refractivity contribution is 5.92. The maximum atomic E-state index is 13.4. The summed E-state index contributed by atoms with van der Waals surface area (Å²) in [6.45, 7) is 10.3. The lowest BCUT2D eigenvalue weighted by Gasteiger charge is -2.32. The first-order chi connectivity index (χ1) is 15.1. The SMILES string of the molecule is Cc1cc(C(C(=O)NC(C)C)N(C)C(=O)C(CCC(N)=O)NC(=O)OC(C)(C)C)ccc1O. The van der Waals surface area contributed by atoms with Gasteiger partial charge in [-0.15, -0.1) is 0 Å². The van der Waals surface area contributed by atoms with Crippen molar-refractivity contribution in [1.82, 2.24) is 15.5 Å². The van der Waals surface area contributed by atoms with Gasteiger partial charge in [0.15, 0.2) is 0 Å². The smallest absolute Gasteiger partial charge is 0.408 e. The average Bonchev–Trinajstić information content (AvgIpc) is 2.65. The third kappa shape index (κ3) is 8.99. The number of amides is 4. The van der Waals surface area contributed by atoms with E-state index < -0.39 is 41.5 Å². The largest absolute Gasteiger partial charge is 0.508 e. The first-order valence-corrected chi connectivity index (χ1v) is 10.8.